The fraction of sp³-hybridized carbons (Fsp3) is 0.400. The first-order valence-corrected chi connectivity index (χ1v) is 10.9. The Bertz CT molecular complexity index is 954. The number of aromatic carboxylic acids is 1. The van der Waals surface area contributed by atoms with Gasteiger partial charge in [0.2, 0.25) is 5.91 Å². The molecule has 8 nitrogen and oxygen atoms in total. The maximum Gasteiger partial charge on any atom is 0.408 e. The van der Waals surface area contributed by atoms with E-state index in [2.05, 4.69) is 16.0 Å². The quantitative estimate of drug-likeness (QED) is 0.410. The smallest absolute Gasteiger partial charge is 0.408 e. The predicted octanol–water partition coefficient (Wildman–Crippen LogP) is 2.86. The van der Waals surface area contributed by atoms with Gasteiger partial charge in [0.05, 0.1) is 5.56 Å². The van der Waals surface area contributed by atoms with E-state index in [9.17, 15) is 19.5 Å². The Morgan fingerprint density at radius 3 is 2.30 bits per heavy atom. The van der Waals surface area contributed by atoms with Crippen molar-refractivity contribution in [1.82, 2.24) is 16.0 Å². The third-order valence-electron chi connectivity index (χ3n) is 5.06. The Hall–Kier alpha value is -3.39. The highest BCUT2D eigenvalue weighted by molar-refractivity contribution is 5.90. The fourth-order valence-electron chi connectivity index (χ4n) is 3.31. The lowest BCUT2D eigenvalue weighted by Gasteiger charge is -2.24. The first-order chi connectivity index (χ1) is 15.6. The van der Waals surface area contributed by atoms with E-state index in [1.165, 1.54) is 0 Å². The molecule has 0 aliphatic carbocycles. The molecular weight excluding hydrogens is 422 g/mol. The summed E-state index contributed by atoms with van der Waals surface area (Å²) in [7, 11) is 1.78. The number of nitrogens with one attached hydrogen (secondary N) is 3. The van der Waals surface area contributed by atoms with E-state index in [0.717, 1.165) is 11.1 Å². The van der Waals surface area contributed by atoms with Crippen LogP contribution in [0.2, 0.25) is 0 Å². The summed E-state index contributed by atoms with van der Waals surface area (Å²) in [5.74, 6) is -1.35. The van der Waals surface area contributed by atoms with E-state index in [0.29, 0.717) is 18.7 Å². The molecule has 0 aliphatic rings. The lowest BCUT2D eigenvalue weighted by atomic mass is 9.82. The minimum Gasteiger partial charge on any atom is -0.478 e. The molecule has 4 N–H and O–H groups in total. The second-order valence-corrected chi connectivity index (χ2v) is 8.79. The Morgan fingerprint density at radius 1 is 1.00 bits per heavy atom. The van der Waals surface area contributed by atoms with Crippen molar-refractivity contribution in [2.45, 2.75) is 45.3 Å². The van der Waals surface area contributed by atoms with E-state index in [4.69, 9.17) is 4.74 Å². The zero-order valence-corrected chi connectivity index (χ0v) is 19.6. The summed E-state index contributed by atoms with van der Waals surface area (Å²) in [5.41, 5.74) is 2.05. The summed E-state index contributed by atoms with van der Waals surface area (Å²) in [5, 5.41) is 17.9. The van der Waals surface area contributed by atoms with Crippen molar-refractivity contribution in [2.75, 3.05) is 20.1 Å². The van der Waals surface area contributed by atoms with Crippen molar-refractivity contribution in [2.24, 2.45) is 0 Å². The molecule has 33 heavy (non-hydrogen) atoms. The van der Waals surface area contributed by atoms with E-state index in [1.54, 1.807) is 25.2 Å². The normalized spacial score (nSPS) is 12.0. The average Bonchev–Trinajstić information content (AvgIpc) is 2.77. The predicted molar refractivity (Wildman–Crippen MR) is 126 cm³/mol. The van der Waals surface area contributed by atoms with Gasteiger partial charge < -0.3 is 25.8 Å². The molecule has 2 aromatic carbocycles. The Labute approximate surface area is 194 Å². The molecule has 0 fully saturated rings. The van der Waals surface area contributed by atoms with Gasteiger partial charge in [-0.1, -0.05) is 63.2 Å². The zero-order valence-electron chi connectivity index (χ0n) is 19.6. The molecule has 0 aromatic heterocycles. The number of hydrogen-bond acceptors (Lipinski definition) is 5. The van der Waals surface area contributed by atoms with Crippen molar-refractivity contribution in [3.8, 4) is 0 Å². The molecule has 0 saturated carbocycles. The Kier molecular flexibility index (Phi) is 9.42. The summed E-state index contributed by atoms with van der Waals surface area (Å²) in [6.07, 6.45) is -0.514. The van der Waals surface area contributed by atoms with Gasteiger partial charge in [0.25, 0.3) is 0 Å². The highest BCUT2D eigenvalue weighted by atomic mass is 16.5. The molecule has 0 aliphatic heterocycles. The molecule has 0 bridgehead atoms. The van der Waals surface area contributed by atoms with Crippen molar-refractivity contribution >= 4 is 18.0 Å². The lowest BCUT2D eigenvalue weighted by molar-refractivity contribution is -0.123. The molecule has 0 radical (unpaired) electrons. The van der Waals surface area contributed by atoms with E-state index in [-0.39, 0.29) is 24.5 Å². The van der Waals surface area contributed by atoms with E-state index in [1.807, 2.05) is 51.1 Å². The van der Waals surface area contributed by atoms with Crippen LogP contribution in [-0.2, 0) is 28.0 Å². The minimum atomic E-state index is -1.00. The number of likely N-dealkylation sites (N-methyl/N-ethyl adjacent to an activating group) is 1. The maximum atomic E-state index is 12.8. The van der Waals surface area contributed by atoms with Gasteiger partial charge in [-0.25, -0.2) is 9.59 Å². The van der Waals surface area contributed by atoms with Crippen LogP contribution in [0, 0.1) is 0 Å². The zero-order chi connectivity index (χ0) is 24.4. The summed E-state index contributed by atoms with van der Waals surface area (Å²) < 4.78 is 5.28. The number of ether oxygens (including phenoxy) is 1. The summed E-state index contributed by atoms with van der Waals surface area (Å²) in [6, 6.07) is 13.4. The SMILES string of the molecule is CNCCNC(=O)[C@H](Cc1ccc(C(=O)O)c(C(C)(C)C)c1)NC(=O)OCc1ccccc1. The maximum absolute atomic E-state index is 12.8. The van der Waals surface area contributed by atoms with Crippen LogP contribution in [0.1, 0.15) is 47.8 Å². The van der Waals surface area contributed by atoms with Gasteiger partial charge in [-0.05, 0) is 35.2 Å². The van der Waals surface area contributed by atoms with Crippen molar-refractivity contribution < 1.29 is 24.2 Å². The third kappa shape index (κ3) is 8.23. The minimum absolute atomic E-state index is 0.0856. The number of alkyl carbamates (subject to hydrolysis) is 1. The van der Waals surface area contributed by atoms with Gasteiger partial charge in [0, 0.05) is 19.5 Å². The molecule has 2 amide bonds. The van der Waals surface area contributed by atoms with Crippen molar-refractivity contribution in [1.29, 1.82) is 0 Å². The van der Waals surface area contributed by atoms with Gasteiger partial charge >= 0.3 is 12.1 Å². The summed E-state index contributed by atoms with van der Waals surface area (Å²) in [4.78, 5) is 36.9. The number of benzene rings is 2. The van der Waals surface area contributed by atoms with Crippen LogP contribution in [0.5, 0.6) is 0 Å². The average molecular weight is 456 g/mol. The molecule has 178 valence electrons. The van der Waals surface area contributed by atoms with E-state index < -0.39 is 23.5 Å². The van der Waals surface area contributed by atoms with Gasteiger partial charge in [0.15, 0.2) is 0 Å². The van der Waals surface area contributed by atoms with Crippen LogP contribution in [0.15, 0.2) is 48.5 Å². The number of rotatable bonds is 10. The van der Waals surface area contributed by atoms with Crippen LogP contribution in [-0.4, -0.2) is 49.3 Å². The molecule has 0 saturated heterocycles. The molecule has 8 heteroatoms. The van der Waals surface area contributed by atoms with Crippen LogP contribution in [0.25, 0.3) is 0 Å². The third-order valence-corrected chi connectivity index (χ3v) is 5.06. The first-order valence-electron chi connectivity index (χ1n) is 10.9. The Morgan fingerprint density at radius 2 is 1.70 bits per heavy atom. The molecule has 0 spiro atoms. The number of carboxylic acids is 1. The van der Waals surface area contributed by atoms with Crippen molar-refractivity contribution in [3.05, 3.63) is 70.8 Å². The lowest BCUT2D eigenvalue weighted by Crippen LogP contribution is -2.49. The van der Waals surface area contributed by atoms with Gasteiger partial charge in [-0.3, -0.25) is 4.79 Å². The molecule has 0 unspecified atom stereocenters. The van der Waals surface area contributed by atoms with E-state index >= 15 is 0 Å². The van der Waals surface area contributed by atoms with Crippen LogP contribution < -0.4 is 16.0 Å². The summed E-state index contributed by atoms with van der Waals surface area (Å²) in [6.45, 7) is 6.86. The molecule has 0 heterocycles. The van der Waals surface area contributed by atoms with Crippen LogP contribution in [0.4, 0.5) is 4.79 Å². The second kappa shape index (κ2) is 12.0. The van der Waals surface area contributed by atoms with Crippen LogP contribution in [0.3, 0.4) is 0 Å². The van der Waals surface area contributed by atoms with Gasteiger partial charge in [-0.15, -0.1) is 0 Å². The molecular formula is C25H33N3O5. The van der Waals surface area contributed by atoms with Crippen LogP contribution >= 0.6 is 0 Å². The highest BCUT2D eigenvalue weighted by Crippen LogP contribution is 2.27. The second-order valence-electron chi connectivity index (χ2n) is 8.79. The fourth-order valence-corrected chi connectivity index (χ4v) is 3.31. The monoisotopic (exact) mass is 455 g/mol. The Balaban J connectivity index is 2.18. The van der Waals surface area contributed by atoms with Crippen molar-refractivity contribution in [3.63, 3.8) is 0 Å². The number of carbonyl (C=O) groups is 3. The van der Waals surface area contributed by atoms with Gasteiger partial charge in [-0.2, -0.15) is 0 Å². The number of hydrogen-bond donors (Lipinski definition) is 4. The number of carbonyl (C=O) groups excluding carboxylic acids is 2. The number of carboxylic acid groups (broad SMARTS) is 1. The molecule has 1 atom stereocenters. The standard InChI is InChI=1S/C25H33N3O5/c1-25(2,3)20-14-18(10-11-19(20)23(30)31)15-21(22(29)27-13-12-26-4)28-24(32)33-16-17-8-6-5-7-9-17/h5-11,14,21,26H,12-13,15-16H2,1-4H3,(H,27,29)(H,28,32)(H,30,31)/t21-/m0/s1. The number of amides is 2. The highest BCUT2D eigenvalue weighted by Gasteiger charge is 2.25. The summed E-state index contributed by atoms with van der Waals surface area (Å²) >= 11 is 0. The molecule has 2 rings (SSSR count). The first kappa shape index (κ1) is 25.9. The largest absolute Gasteiger partial charge is 0.478 e. The topological polar surface area (TPSA) is 117 Å². The molecule has 2 aromatic rings. The van der Waals surface area contributed by atoms with Gasteiger partial charge in [0.1, 0.15) is 12.6 Å².